The standard InChI is InChI=1S/2C11H10O3.H2O/c2*1-6-3-8-9(12)5-11(13)14-10(8)4-7(6)2;/h2*3-5,12H,1-2H3;1H2. The molecule has 0 bridgehead atoms. The van der Waals surface area contributed by atoms with Gasteiger partial charge in [0.1, 0.15) is 22.7 Å². The first-order valence-corrected chi connectivity index (χ1v) is 8.64. The zero-order valence-corrected chi connectivity index (χ0v) is 16.5. The highest BCUT2D eigenvalue weighted by atomic mass is 16.4. The Kier molecular flexibility index (Phi) is 6.14. The zero-order valence-electron chi connectivity index (χ0n) is 16.5. The average molecular weight is 398 g/mol. The zero-order chi connectivity index (χ0) is 20.6. The minimum Gasteiger partial charge on any atom is -0.507 e. The summed E-state index contributed by atoms with van der Waals surface area (Å²) in [6.07, 6.45) is 0. The molecular weight excluding hydrogens is 376 g/mol. The van der Waals surface area contributed by atoms with Gasteiger partial charge in [0.05, 0.1) is 22.9 Å². The van der Waals surface area contributed by atoms with Crippen molar-refractivity contribution in [3.63, 3.8) is 0 Å². The first kappa shape index (κ1) is 21.7. The summed E-state index contributed by atoms with van der Waals surface area (Å²) < 4.78 is 9.93. The molecule has 0 aliphatic carbocycles. The van der Waals surface area contributed by atoms with Gasteiger partial charge in [0, 0.05) is 0 Å². The number of hydrogen-bond acceptors (Lipinski definition) is 6. The van der Waals surface area contributed by atoms with E-state index in [1.807, 2.05) is 39.8 Å². The Hall–Kier alpha value is -3.58. The molecule has 152 valence electrons. The lowest BCUT2D eigenvalue weighted by molar-refractivity contribution is 0.467. The van der Waals surface area contributed by atoms with Gasteiger partial charge in [0.2, 0.25) is 0 Å². The molecule has 2 heterocycles. The van der Waals surface area contributed by atoms with Crippen LogP contribution in [0.5, 0.6) is 11.5 Å². The third-order valence-electron chi connectivity index (χ3n) is 4.67. The molecule has 2 aromatic carbocycles. The molecule has 4 rings (SSSR count). The summed E-state index contributed by atoms with van der Waals surface area (Å²) in [5.41, 5.74) is 3.98. The van der Waals surface area contributed by atoms with Crippen molar-refractivity contribution < 1.29 is 24.5 Å². The second-order valence-corrected chi connectivity index (χ2v) is 6.77. The third kappa shape index (κ3) is 4.47. The molecule has 7 nitrogen and oxygen atoms in total. The molecule has 0 aliphatic rings. The Morgan fingerprint density at radius 2 is 0.897 bits per heavy atom. The number of aromatic hydroxyl groups is 2. The maximum Gasteiger partial charge on any atom is 0.339 e. The van der Waals surface area contributed by atoms with Crippen LogP contribution in [0.4, 0.5) is 0 Å². The van der Waals surface area contributed by atoms with Gasteiger partial charge in [-0.05, 0) is 74.2 Å². The predicted molar refractivity (Wildman–Crippen MR) is 111 cm³/mol. The summed E-state index contributed by atoms with van der Waals surface area (Å²) in [5.74, 6) is -0.0568. The third-order valence-corrected chi connectivity index (χ3v) is 4.67. The minimum atomic E-state index is -0.529. The number of hydrogen-bond donors (Lipinski definition) is 2. The monoisotopic (exact) mass is 398 g/mol. The molecule has 0 saturated carbocycles. The first-order chi connectivity index (χ1) is 13.2. The van der Waals surface area contributed by atoms with E-state index in [1.165, 1.54) is 0 Å². The molecular formula is C22H22O7. The normalized spacial score (nSPS) is 10.3. The fourth-order valence-corrected chi connectivity index (χ4v) is 2.80. The topological polar surface area (TPSA) is 132 Å². The molecule has 0 fully saturated rings. The van der Waals surface area contributed by atoms with Gasteiger partial charge in [-0.2, -0.15) is 0 Å². The molecule has 0 atom stereocenters. The van der Waals surface area contributed by atoms with Crippen molar-refractivity contribution in [2.75, 3.05) is 0 Å². The summed E-state index contributed by atoms with van der Waals surface area (Å²) in [6, 6.07) is 9.29. The van der Waals surface area contributed by atoms with E-state index in [9.17, 15) is 19.8 Å². The van der Waals surface area contributed by atoms with Gasteiger partial charge in [-0.1, -0.05) is 0 Å². The van der Waals surface area contributed by atoms with Gasteiger partial charge in [0.15, 0.2) is 0 Å². The Morgan fingerprint density at radius 1 is 0.586 bits per heavy atom. The minimum absolute atomic E-state index is 0. The predicted octanol–water partition coefficient (Wildman–Crippen LogP) is 3.41. The highest BCUT2D eigenvalue weighted by Gasteiger charge is 2.06. The molecule has 0 unspecified atom stereocenters. The van der Waals surface area contributed by atoms with E-state index in [0.29, 0.717) is 21.9 Å². The second-order valence-electron chi connectivity index (χ2n) is 6.77. The van der Waals surface area contributed by atoms with Crippen molar-refractivity contribution >= 4 is 21.9 Å². The molecule has 2 aromatic heterocycles. The molecule has 0 radical (unpaired) electrons. The van der Waals surface area contributed by atoms with E-state index in [0.717, 1.165) is 34.4 Å². The first-order valence-electron chi connectivity index (χ1n) is 8.64. The van der Waals surface area contributed by atoms with Crippen LogP contribution in [-0.4, -0.2) is 15.7 Å². The lowest BCUT2D eigenvalue weighted by Gasteiger charge is -2.03. The van der Waals surface area contributed by atoms with Crippen molar-refractivity contribution in [3.8, 4) is 11.5 Å². The van der Waals surface area contributed by atoms with Gasteiger partial charge in [-0.3, -0.25) is 0 Å². The summed E-state index contributed by atoms with van der Waals surface area (Å²) in [4.78, 5) is 21.9. The number of rotatable bonds is 0. The fourth-order valence-electron chi connectivity index (χ4n) is 2.80. The van der Waals surface area contributed by atoms with Gasteiger partial charge >= 0.3 is 11.3 Å². The highest BCUT2D eigenvalue weighted by Crippen LogP contribution is 2.26. The molecule has 0 aliphatic heterocycles. The molecule has 0 amide bonds. The summed E-state index contributed by atoms with van der Waals surface area (Å²) in [6.45, 7) is 7.75. The molecule has 4 aromatic rings. The van der Waals surface area contributed by atoms with Gasteiger partial charge in [-0.25, -0.2) is 9.59 Å². The Balaban J connectivity index is 0.000000200. The van der Waals surface area contributed by atoms with Crippen molar-refractivity contribution in [1.29, 1.82) is 0 Å². The molecule has 29 heavy (non-hydrogen) atoms. The van der Waals surface area contributed by atoms with Crippen LogP contribution in [0.25, 0.3) is 21.9 Å². The molecule has 0 saturated heterocycles. The van der Waals surface area contributed by atoms with Crippen LogP contribution in [0.15, 0.2) is 54.8 Å². The smallest absolute Gasteiger partial charge is 0.339 e. The van der Waals surface area contributed by atoms with Crippen LogP contribution in [0.2, 0.25) is 0 Å². The molecule has 7 heteroatoms. The highest BCUT2D eigenvalue weighted by molar-refractivity contribution is 5.84. The van der Waals surface area contributed by atoms with Crippen molar-refractivity contribution in [2.45, 2.75) is 27.7 Å². The van der Waals surface area contributed by atoms with Crippen LogP contribution in [0.1, 0.15) is 22.3 Å². The van der Waals surface area contributed by atoms with Crippen LogP contribution in [-0.2, 0) is 0 Å². The molecule has 4 N–H and O–H groups in total. The van der Waals surface area contributed by atoms with Crippen molar-refractivity contribution in [1.82, 2.24) is 0 Å². The Bertz CT molecular complexity index is 1210. The summed E-state index contributed by atoms with van der Waals surface area (Å²) >= 11 is 0. The quantitative estimate of drug-likeness (QED) is 0.436. The summed E-state index contributed by atoms with van der Waals surface area (Å²) in [5, 5.41) is 20.2. The average Bonchev–Trinajstić information content (AvgIpc) is 2.59. The van der Waals surface area contributed by atoms with E-state index >= 15 is 0 Å². The number of aryl methyl sites for hydroxylation is 4. The largest absolute Gasteiger partial charge is 0.507 e. The Labute approximate surface area is 165 Å². The van der Waals surface area contributed by atoms with E-state index in [2.05, 4.69) is 0 Å². The Morgan fingerprint density at radius 3 is 1.24 bits per heavy atom. The maximum absolute atomic E-state index is 11.0. The van der Waals surface area contributed by atoms with E-state index < -0.39 is 11.3 Å². The maximum atomic E-state index is 11.0. The van der Waals surface area contributed by atoms with Gasteiger partial charge < -0.3 is 24.5 Å². The van der Waals surface area contributed by atoms with Crippen LogP contribution < -0.4 is 11.3 Å². The van der Waals surface area contributed by atoms with E-state index in [-0.39, 0.29) is 17.0 Å². The number of benzene rings is 2. The van der Waals surface area contributed by atoms with Gasteiger partial charge in [-0.15, -0.1) is 0 Å². The lowest BCUT2D eigenvalue weighted by atomic mass is 10.1. The number of fused-ring (bicyclic) bond motifs is 2. The van der Waals surface area contributed by atoms with Crippen LogP contribution in [0, 0.1) is 27.7 Å². The fraction of sp³-hybridized carbons (Fsp3) is 0.182. The van der Waals surface area contributed by atoms with E-state index in [1.54, 1.807) is 12.1 Å². The van der Waals surface area contributed by atoms with Crippen molar-refractivity contribution in [2.24, 2.45) is 0 Å². The van der Waals surface area contributed by atoms with Crippen LogP contribution in [0.3, 0.4) is 0 Å². The summed E-state index contributed by atoms with van der Waals surface area (Å²) in [7, 11) is 0. The van der Waals surface area contributed by atoms with E-state index in [4.69, 9.17) is 8.83 Å². The molecule has 0 spiro atoms. The van der Waals surface area contributed by atoms with Crippen molar-refractivity contribution in [3.05, 3.63) is 79.5 Å². The lowest BCUT2D eigenvalue weighted by Crippen LogP contribution is -1.96. The van der Waals surface area contributed by atoms with Gasteiger partial charge in [0.25, 0.3) is 0 Å². The van der Waals surface area contributed by atoms with Crippen LogP contribution >= 0.6 is 0 Å². The second kappa shape index (κ2) is 8.20. The SMILES string of the molecule is Cc1cc2oc(=O)cc(O)c2cc1C.Cc1cc2oc(=O)cc(O)c2cc1C.O.